The SMILES string of the molecule is Nc1ccc([NH+]=O)c(Cl)c1. The van der Waals surface area contributed by atoms with Crippen molar-refractivity contribution in [2.75, 3.05) is 5.73 Å². The Morgan fingerprint density at radius 3 is 2.70 bits per heavy atom. The van der Waals surface area contributed by atoms with Gasteiger partial charge in [-0.25, -0.2) is 0 Å². The smallest absolute Gasteiger partial charge is 0.271 e. The first kappa shape index (κ1) is 7.02. The Balaban J connectivity index is 3.19. The number of nitrogens with one attached hydrogen (secondary N) is 1. The molecule has 0 aliphatic rings. The zero-order chi connectivity index (χ0) is 7.56. The van der Waals surface area contributed by atoms with Gasteiger partial charge in [0.1, 0.15) is 5.02 Å². The Labute approximate surface area is 62.8 Å². The highest BCUT2D eigenvalue weighted by Gasteiger charge is 2.04. The lowest BCUT2D eigenvalue weighted by molar-refractivity contribution is -0.379. The summed E-state index contributed by atoms with van der Waals surface area (Å²) in [5.41, 5.74) is 6.26. The molecule has 0 aliphatic heterocycles. The van der Waals surface area contributed by atoms with Crippen LogP contribution in [0.15, 0.2) is 18.2 Å². The van der Waals surface area contributed by atoms with E-state index in [9.17, 15) is 4.91 Å². The third kappa shape index (κ3) is 1.25. The number of hydrogen-bond donors (Lipinski definition) is 2. The lowest BCUT2D eigenvalue weighted by Gasteiger charge is -1.90. The molecule has 3 nitrogen and oxygen atoms in total. The summed E-state index contributed by atoms with van der Waals surface area (Å²) >= 11 is 5.59. The number of benzene rings is 1. The second-order valence-corrected chi connectivity index (χ2v) is 2.25. The Bertz CT molecular complexity index is 262. The van der Waals surface area contributed by atoms with Gasteiger partial charge in [0.15, 0.2) is 0 Å². The number of nitroso groups, excluding NO2 is 1. The highest BCUT2D eigenvalue weighted by atomic mass is 35.5. The van der Waals surface area contributed by atoms with Gasteiger partial charge in [0.2, 0.25) is 0 Å². The van der Waals surface area contributed by atoms with Gasteiger partial charge >= 0.3 is 0 Å². The first-order chi connectivity index (χ1) is 4.74. The molecule has 1 aromatic rings. The van der Waals surface area contributed by atoms with Crippen LogP contribution in [0.4, 0.5) is 11.4 Å². The molecule has 10 heavy (non-hydrogen) atoms. The molecule has 52 valence electrons. The summed E-state index contributed by atoms with van der Waals surface area (Å²) in [5, 5.41) is 2.03. The lowest BCUT2D eigenvalue weighted by Crippen LogP contribution is -2.55. The molecule has 0 amide bonds. The third-order valence-electron chi connectivity index (χ3n) is 1.10. The van der Waals surface area contributed by atoms with Crippen LogP contribution >= 0.6 is 11.6 Å². The fourth-order valence-electron chi connectivity index (χ4n) is 0.614. The fraction of sp³-hybridized carbons (Fsp3) is 0. The summed E-state index contributed by atoms with van der Waals surface area (Å²) in [4.78, 5) is 10.1. The summed E-state index contributed by atoms with van der Waals surface area (Å²) < 4.78 is 0. The van der Waals surface area contributed by atoms with Crippen LogP contribution in [0.25, 0.3) is 0 Å². The van der Waals surface area contributed by atoms with Crippen LogP contribution in [-0.4, -0.2) is 0 Å². The van der Waals surface area contributed by atoms with Crippen LogP contribution in [0.5, 0.6) is 0 Å². The van der Waals surface area contributed by atoms with E-state index in [2.05, 4.69) is 0 Å². The van der Waals surface area contributed by atoms with Gasteiger partial charge in [-0.2, -0.15) is 0 Å². The summed E-state index contributed by atoms with van der Waals surface area (Å²) in [6, 6.07) is 4.65. The first-order valence-corrected chi connectivity index (χ1v) is 3.05. The van der Waals surface area contributed by atoms with Crippen molar-refractivity contribution in [2.45, 2.75) is 0 Å². The summed E-state index contributed by atoms with van der Waals surface area (Å²) in [5.74, 6) is 0. The molecule has 0 aromatic heterocycles. The molecule has 4 heteroatoms. The Kier molecular flexibility index (Phi) is 1.87. The van der Waals surface area contributed by atoms with Gasteiger partial charge in [0.05, 0.1) is 0 Å². The number of nitrogen functional groups attached to an aromatic ring is 1. The van der Waals surface area contributed by atoms with E-state index in [4.69, 9.17) is 17.3 Å². The van der Waals surface area contributed by atoms with Crippen LogP contribution in [0.3, 0.4) is 0 Å². The van der Waals surface area contributed by atoms with Gasteiger partial charge < -0.3 is 5.73 Å². The molecule has 0 spiro atoms. The highest BCUT2D eigenvalue weighted by Crippen LogP contribution is 2.18. The average Bonchev–Trinajstić information content (AvgIpc) is 1.88. The Morgan fingerprint density at radius 1 is 1.50 bits per heavy atom. The minimum atomic E-state index is 0.343. The molecule has 0 fully saturated rings. The van der Waals surface area contributed by atoms with Crippen molar-refractivity contribution in [3.63, 3.8) is 0 Å². The van der Waals surface area contributed by atoms with Gasteiger partial charge in [-0.1, -0.05) is 11.6 Å². The highest BCUT2D eigenvalue weighted by molar-refractivity contribution is 6.32. The molecule has 0 unspecified atom stereocenters. The number of rotatable bonds is 1. The first-order valence-electron chi connectivity index (χ1n) is 2.67. The quantitative estimate of drug-likeness (QED) is 0.580. The van der Waals surface area contributed by atoms with E-state index in [0.717, 1.165) is 0 Å². The average molecular weight is 158 g/mol. The summed E-state index contributed by atoms with van der Waals surface area (Å²) in [6.45, 7) is 0. The number of halogens is 1. The second-order valence-electron chi connectivity index (χ2n) is 1.84. The van der Waals surface area contributed by atoms with Crippen molar-refractivity contribution < 1.29 is 5.18 Å². The van der Waals surface area contributed by atoms with Crippen molar-refractivity contribution >= 4 is 23.0 Å². The minimum absolute atomic E-state index is 0.343. The Hall–Kier alpha value is -1.09. The topological polar surface area (TPSA) is 57.1 Å². The molecular weight excluding hydrogens is 152 g/mol. The Morgan fingerprint density at radius 2 is 2.20 bits per heavy atom. The predicted molar refractivity (Wildman–Crippen MR) is 39.9 cm³/mol. The lowest BCUT2D eigenvalue weighted by atomic mass is 10.3. The van der Waals surface area contributed by atoms with Crippen LogP contribution in [-0.2, 0) is 0 Å². The maximum atomic E-state index is 10.1. The molecule has 0 saturated heterocycles. The van der Waals surface area contributed by atoms with Crippen LogP contribution in [0.1, 0.15) is 0 Å². The van der Waals surface area contributed by atoms with Gasteiger partial charge in [-0.3, -0.25) is 0 Å². The van der Waals surface area contributed by atoms with Crippen molar-refractivity contribution in [1.29, 1.82) is 0 Å². The normalized spacial score (nSPS) is 9.30. The number of nitrogens with two attached hydrogens (primary N) is 1. The molecule has 0 heterocycles. The van der Waals surface area contributed by atoms with Gasteiger partial charge in [-0.05, 0) is 12.1 Å². The largest absolute Gasteiger partial charge is 0.399 e. The molecule has 0 aliphatic carbocycles. The molecule has 3 N–H and O–H groups in total. The number of hydrogen-bond acceptors (Lipinski definition) is 2. The van der Waals surface area contributed by atoms with E-state index in [-0.39, 0.29) is 0 Å². The van der Waals surface area contributed by atoms with Crippen molar-refractivity contribution in [3.05, 3.63) is 28.1 Å². The monoisotopic (exact) mass is 157 g/mol. The van der Waals surface area contributed by atoms with Gasteiger partial charge in [-0.15, -0.1) is 0 Å². The van der Waals surface area contributed by atoms with Crippen LogP contribution in [0, 0.1) is 4.91 Å². The zero-order valence-corrected chi connectivity index (χ0v) is 5.85. The maximum absolute atomic E-state index is 10.1. The van der Waals surface area contributed by atoms with Crippen molar-refractivity contribution in [1.82, 2.24) is 0 Å². The number of anilines is 1. The van der Waals surface area contributed by atoms with E-state index in [1.165, 1.54) is 12.1 Å². The minimum Gasteiger partial charge on any atom is -0.399 e. The third-order valence-corrected chi connectivity index (χ3v) is 1.42. The molecule has 0 bridgehead atoms. The predicted octanol–water partition coefficient (Wildman–Crippen LogP) is 0.401. The van der Waals surface area contributed by atoms with Crippen LogP contribution < -0.4 is 10.9 Å². The second kappa shape index (κ2) is 2.66. The van der Waals surface area contributed by atoms with Crippen LogP contribution in [0.2, 0.25) is 5.02 Å². The maximum Gasteiger partial charge on any atom is 0.271 e. The molecule has 1 aromatic carbocycles. The zero-order valence-electron chi connectivity index (χ0n) is 5.10. The van der Waals surface area contributed by atoms with E-state index in [1.807, 2.05) is 0 Å². The molecule has 0 saturated carbocycles. The van der Waals surface area contributed by atoms with E-state index < -0.39 is 0 Å². The fourth-order valence-corrected chi connectivity index (χ4v) is 0.842. The van der Waals surface area contributed by atoms with E-state index in [0.29, 0.717) is 16.4 Å². The van der Waals surface area contributed by atoms with E-state index in [1.54, 1.807) is 11.2 Å². The summed E-state index contributed by atoms with van der Waals surface area (Å²) in [6.07, 6.45) is 0. The van der Waals surface area contributed by atoms with Gasteiger partial charge in [0, 0.05) is 21.8 Å². The molecule has 1 rings (SSSR count). The summed E-state index contributed by atoms with van der Waals surface area (Å²) in [7, 11) is 0. The molecule has 0 radical (unpaired) electrons. The standard InChI is InChI=1S/C6H5ClN2O/c7-5-3-4(8)1-2-6(5)9-10/h1-3H,8H2/p+1. The molecule has 0 atom stereocenters. The van der Waals surface area contributed by atoms with Crippen molar-refractivity contribution in [2.24, 2.45) is 0 Å². The van der Waals surface area contributed by atoms with E-state index >= 15 is 0 Å². The van der Waals surface area contributed by atoms with Gasteiger partial charge in [0.25, 0.3) is 5.69 Å². The molecular formula is C6H6ClN2O+. The van der Waals surface area contributed by atoms with Crippen molar-refractivity contribution in [3.8, 4) is 0 Å².